The van der Waals surface area contributed by atoms with Crippen molar-refractivity contribution in [3.63, 3.8) is 0 Å². The summed E-state index contributed by atoms with van der Waals surface area (Å²) in [7, 11) is 0. The molecule has 1 aliphatic rings. The van der Waals surface area contributed by atoms with Gasteiger partial charge in [-0.05, 0) is 48.7 Å². The maximum atomic E-state index is 14.7. The number of halogens is 2. The predicted octanol–water partition coefficient (Wildman–Crippen LogP) is 6.66. The van der Waals surface area contributed by atoms with E-state index in [4.69, 9.17) is 11.6 Å². The Morgan fingerprint density at radius 2 is 1.62 bits per heavy atom. The first kappa shape index (κ1) is 27.2. The molecule has 1 atom stereocenters. The molecule has 194 valence electrons. The second-order valence-corrected chi connectivity index (χ2v) is 10.9. The smallest absolute Gasteiger partial charge is 0.243 e. The van der Waals surface area contributed by atoms with Gasteiger partial charge in [0.25, 0.3) is 0 Å². The summed E-state index contributed by atoms with van der Waals surface area (Å²) >= 11 is 7.38. The lowest BCUT2D eigenvalue weighted by Gasteiger charge is -2.33. The van der Waals surface area contributed by atoms with Gasteiger partial charge in [0.1, 0.15) is 11.9 Å². The first-order valence-electron chi connectivity index (χ1n) is 12.7. The lowest BCUT2D eigenvalue weighted by molar-refractivity contribution is -0.139. The summed E-state index contributed by atoms with van der Waals surface area (Å²) in [4.78, 5) is 29.9. The molecule has 1 N–H and O–H groups in total. The summed E-state index contributed by atoms with van der Waals surface area (Å²) in [5.74, 6) is -0.672. The van der Waals surface area contributed by atoms with Gasteiger partial charge in [0.2, 0.25) is 11.8 Å². The first-order chi connectivity index (χ1) is 18.0. The molecule has 0 aliphatic heterocycles. The van der Waals surface area contributed by atoms with Crippen molar-refractivity contribution in [2.75, 3.05) is 5.75 Å². The molecule has 2 amide bonds. The largest absolute Gasteiger partial charge is 0.352 e. The molecule has 0 heterocycles. The van der Waals surface area contributed by atoms with Gasteiger partial charge in [-0.1, -0.05) is 79.4 Å². The number of nitrogens with zero attached hydrogens (tertiary/aromatic N) is 1. The van der Waals surface area contributed by atoms with Gasteiger partial charge in [0.15, 0.2) is 0 Å². The maximum Gasteiger partial charge on any atom is 0.243 e. The van der Waals surface area contributed by atoms with Crippen LogP contribution in [-0.2, 0) is 22.6 Å². The van der Waals surface area contributed by atoms with E-state index >= 15 is 0 Å². The molecule has 1 aliphatic carbocycles. The number of thioether (sulfide) groups is 1. The molecule has 0 saturated heterocycles. The number of carbonyl (C=O) groups is 2. The van der Waals surface area contributed by atoms with E-state index in [1.165, 1.54) is 24.2 Å². The molecule has 0 unspecified atom stereocenters. The Morgan fingerprint density at radius 3 is 2.32 bits per heavy atom. The van der Waals surface area contributed by atoms with Crippen LogP contribution in [-0.4, -0.2) is 34.6 Å². The number of hydrogen-bond donors (Lipinski definition) is 1. The predicted molar refractivity (Wildman–Crippen MR) is 148 cm³/mol. The number of amides is 2. The fraction of sp³-hybridized carbons (Fsp3) is 0.333. The molecule has 1 saturated carbocycles. The average Bonchev–Trinajstić information content (AvgIpc) is 2.92. The van der Waals surface area contributed by atoms with E-state index in [9.17, 15) is 14.0 Å². The number of benzene rings is 3. The summed E-state index contributed by atoms with van der Waals surface area (Å²) in [6, 6.07) is 22.7. The van der Waals surface area contributed by atoms with Crippen LogP contribution < -0.4 is 5.32 Å². The molecule has 3 aromatic carbocycles. The quantitative estimate of drug-likeness (QED) is 0.294. The van der Waals surface area contributed by atoms with E-state index in [0.29, 0.717) is 17.0 Å². The highest BCUT2D eigenvalue weighted by atomic mass is 35.5. The summed E-state index contributed by atoms with van der Waals surface area (Å²) < 4.78 is 14.7. The first-order valence-corrected chi connectivity index (χ1v) is 14.1. The molecule has 1 fully saturated rings. The van der Waals surface area contributed by atoms with Crippen molar-refractivity contribution >= 4 is 35.2 Å². The van der Waals surface area contributed by atoms with Crippen LogP contribution in [0, 0.1) is 5.82 Å². The zero-order valence-electron chi connectivity index (χ0n) is 20.7. The van der Waals surface area contributed by atoms with Crippen LogP contribution in [0.3, 0.4) is 0 Å². The topological polar surface area (TPSA) is 49.4 Å². The van der Waals surface area contributed by atoms with Crippen molar-refractivity contribution in [3.05, 3.63) is 101 Å². The number of rotatable bonds is 10. The van der Waals surface area contributed by atoms with E-state index in [-0.39, 0.29) is 30.2 Å². The Labute approximate surface area is 227 Å². The van der Waals surface area contributed by atoms with Crippen molar-refractivity contribution in [1.82, 2.24) is 10.2 Å². The standard InChI is InChI=1S/C30H32ClFN2O2S/c31-24-15-17-26(18-16-24)37-21-29(35)34(20-23-11-7-8-14-27(23)32)28(19-22-9-3-1-4-10-22)30(36)33-25-12-5-2-6-13-25/h1,3-4,7-11,14-18,25,28H,2,5-6,12-13,19-21H2,(H,33,36)/t28-/m0/s1. The second kappa shape index (κ2) is 13.6. The van der Waals surface area contributed by atoms with E-state index in [1.807, 2.05) is 42.5 Å². The van der Waals surface area contributed by atoms with Crippen molar-refractivity contribution in [3.8, 4) is 0 Å². The van der Waals surface area contributed by atoms with Crippen molar-refractivity contribution in [1.29, 1.82) is 0 Å². The van der Waals surface area contributed by atoms with E-state index in [1.54, 1.807) is 35.2 Å². The summed E-state index contributed by atoms with van der Waals surface area (Å²) in [5.41, 5.74) is 1.33. The van der Waals surface area contributed by atoms with Gasteiger partial charge >= 0.3 is 0 Å². The minimum absolute atomic E-state index is 0.0161. The van der Waals surface area contributed by atoms with Crippen molar-refractivity contribution in [2.24, 2.45) is 0 Å². The van der Waals surface area contributed by atoms with Gasteiger partial charge < -0.3 is 10.2 Å². The zero-order chi connectivity index (χ0) is 26.0. The van der Waals surface area contributed by atoms with Crippen LogP contribution in [0.4, 0.5) is 4.39 Å². The minimum Gasteiger partial charge on any atom is -0.352 e. The van der Waals surface area contributed by atoms with E-state index < -0.39 is 11.9 Å². The summed E-state index contributed by atoms with van der Waals surface area (Å²) in [5, 5.41) is 3.83. The Bertz CT molecular complexity index is 1170. The molecule has 4 rings (SSSR count). The van der Waals surface area contributed by atoms with Crippen LogP contribution in [0.5, 0.6) is 0 Å². The van der Waals surface area contributed by atoms with Gasteiger partial charge in [-0.2, -0.15) is 0 Å². The zero-order valence-corrected chi connectivity index (χ0v) is 22.3. The number of hydrogen-bond acceptors (Lipinski definition) is 3. The molecule has 0 aromatic heterocycles. The molecule has 4 nitrogen and oxygen atoms in total. The molecule has 37 heavy (non-hydrogen) atoms. The summed E-state index contributed by atoms with van der Waals surface area (Å²) in [6.07, 6.45) is 5.59. The lowest BCUT2D eigenvalue weighted by atomic mass is 9.94. The lowest BCUT2D eigenvalue weighted by Crippen LogP contribution is -2.53. The van der Waals surface area contributed by atoms with Crippen LogP contribution in [0.15, 0.2) is 83.8 Å². The van der Waals surface area contributed by atoms with Gasteiger partial charge in [-0.3, -0.25) is 9.59 Å². The Kier molecular flexibility index (Phi) is 10.0. The Morgan fingerprint density at radius 1 is 0.946 bits per heavy atom. The fourth-order valence-corrected chi connectivity index (χ4v) is 5.58. The monoisotopic (exact) mass is 538 g/mol. The molecule has 0 bridgehead atoms. The minimum atomic E-state index is -0.762. The SMILES string of the molecule is O=C(NC1CCCCC1)[C@H](Cc1ccccc1)N(Cc1ccccc1F)C(=O)CSc1ccc(Cl)cc1. The number of carbonyl (C=O) groups excluding carboxylic acids is 2. The third kappa shape index (κ3) is 8.08. The van der Waals surface area contributed by atoms with E-state index in [2.05, 4.69) is 5.32 Å². The molecule has 0 radical (unpaired) electrons. The third-order valence-electron chi connectivity index (χ3n) is 6.70. The van der Waals surface area contributed by atoms with Gasteiger partial charge in [-0.15, -0.1) is 11.8 Å². The molecule has 0 spiro atoms. The Hall–Kier alpha value is -2.83. The average molecular weight is 539 g/mol. The van der Waals surface area contributed by atoms with Crippen LogP contribution >= 0.6 is 23.4 Å². The summed E-state index contributed by atoms with van der Waals surface area (Å²) in [6.45, 7) is 0.0161. The molecular formula is C30H32ClFN2O2S. The fourth-order valence-electron chi connectivity index (χ4n) is 4.67. The molecule has 3 aromatic rings. The van der Waals surface area contributed by atoms with Crippen molar-refractivity contribution < 1.29 is 14.0 Å². The van der Waals surface area contributed by atoms with E-state index in [0.717, 1.165) is 36.1 Å². The highest BCUT2D eigenvalue weighted by molar-refractivity contribution is 8.00. The van der Waals surface area contributed by atoms with Crippen LogP contribution in [0.2, 0.25) is 5.02 Å². The molecule has 7 heteroatoms. The third-order valence-corrected chi connectivity index (χ3v) is 7.95. The number of nitrogens with one attached hydrogen (secondary N) is 1. The van der Waals surface area contributed by atoms with Crippen LogP contribution in [0.25, 0.3) is 0 Å². The molecular weight excluding hydrogens is 507 g/mol. The highest BCUT2D eigenvalue weighted by Crippen LogP contribution is 2.24. The van der Waals surface area contributed by atoms with Crippen molar-refractivity contribution in [2.45, 2.75) is 62.0 Å². The highest BCUT2D eigenvalue weighted by Gasteiger charge is 2.32. The normalized spacial score (nSPS) is 14.6. The Balaban J connectivity index is 1.61. The second-order valence-electron chi connectivity index (χ2n) is 9.40. The van der Waals surface area contributed by atoms with Gasteiger partial charge in [0, 0.05) is 34.5 Å². The van der Waals surface area contributed by atoms with Gasteiger partial charge in [0.05, 0.1) is 5.75 Å². The van der Waals surface area contributed by atoms with Crippen LogP contribution in [0.1, 0.15) is 43.2 Å². The maximum absolute atomic E-state index is 14.7. The van der Waals surface area contributed by atoms with Gasteiger partial charge in [-0.25, -0.2) is 4.39 Å².